The minimum Gasteiger partial charge on any atom is -0.379 e. The highest BCUT2D eigenvalue weighted by atomic mass is 19.1. The predicted molar refractivity (Wildman–Crippen MR) is 80.0 cm³/mol. The van der Waals surface area contributed by atoms with Gasteiger partial charge >= 0.3 is 11.8 Å². The number of benzene rings is 1. The molecule has 0 radical (unpaired) electrons. The highest BCUT2D eigenvalue weighted by molar-refractivity contribution is 6.39. The summed E-state index contributed by atoms with van der Waals surface area (Å²) in [5.41, 5.74) is 0.990. The van der Waals surface area contributed by atoms with Gasteiger partial charge in [-0.05, 0) is 30.7 Å². The van der Waals surface area contributed by atoms with Gasteiger partial charge in [-0.25, -0.2) is 4.39 Å². The molecule has 1 fully saturated rings. The van der Waals surface area contributed by atoms with Crippen molar-refractivity contribution >= 4 is 17.5 Å². The Balaban J connectivity index is 1.75. The summed E-state index contributed by atoms with van der Waals surface area (Å²) in [6.45, 7) is 5.78. The number of morpholine rings is 1. The molecule has 1 heterocycles. The van der Waals surface area contributed by atoms with Crippen LogP contribution in [-0.2, 0) is 14.3 Å². The highest BCUT2D eigenvalue weighted by Gasteiger charge is 2.15. The largest absolute Gasteiger partial charge is 0.379 e. The van der Waals surface area contributed by atoms with E-state index in [9.17, 15) is 14.0 Å². The summed E-state index contributed by atoms with van der Waals surface area (Å²) in [6.07, 6.45) is 0. The van der Waals surface area contributed by atoms with Crippen LogP contribution in [0.15, 0.2) is 18.2 Å². The molecule has 2 rings (SSSR count). The van der Waals surface area contributed by atoms with E-state index in [1.807, 2.05) is 0 Å². The number of ether oxygens (including phenoxy) is 1. The average molecular weight is 309 g/mol. The Labute approximate surface area is 128 Å². The quantitative estimate of drug-likeness (QED) is 0.796. The molecule has 22 heavy (non-hydrogen) atoms. The molecule has 7 heteroatoms. The zero-order chi connectivity index (χ0) is 15.9. The van der Waals surface area contributed by atoms with Crippen molar-refractivity contribution in [3.8, 4) is 0 Å². The van der Waals surface area contributed by atoms with Crippen LogP contribution in [-0.4, -0.2) is 56.1 Å². The van der Waals surface area contributed by atoms with Crippen LogP contribution in [0.2, 0.25) is 0 Å². The molecule has 1 aliphatic heterocycles. The van der Waals surface area contributed by atoms with E-state index < -0.39 is 11.8 Å². The van der Waals surface area contributed by atoms with Crippen molar-refractivity contribution in [1.82, 2.24) is 10.2 Å². The number of hydrogen-bond donors (Lipinski definition) is 2. The van der Waals surface area contributed by atoms with Crippen LogP contribution in [0.1, 0.15) is 5.56 Å². The Morgan fingerprint density at radius 1 is 1.27 bits per heavy atom. The molecular weight excluding hydrogens is 289 g/mol. The summed E-state index contributed by atoms with van der Waals surface area (Å²) in [7, 11) is 0. The Morgan fingerprint density at radius 3 is 2.68 bits per heavy atom. The molecule has 1 aromatic rings. The molecule has 120 valence electrons. The monoisotopic (exact) mass is 309 g/mol. The fourth-order valence-corrected chi connectivity index (χ4v) is 2.18. The zero-order valence-electron chi connectivity index (χ0n) is 12.5. The summed E-state index contributed by atoms with van der Waals surface area (Å²) in [5.74, 6) is -1.83. The van der Waals surface area contributed by atoms with Gasteiger partial charge in [0.2, 0.25) is 0 Å². The molecule has 1 aliphatic rings. The fourth-order valence-electron chi connectivity index (χ4n) is 2.18. The van der Waals surface area contributed by atoms with Gasteiger partial charge in [0.25, 0.3) is 0 Å². The molecular formula is C15H20FN3O3. The molecule has 0 unspecified atom stereocenters. The molecule has 0 aromatic heterocycles. The van der Waals surface area contributed by atoms with Crippen molar-refractivity contribution in [2.75, 3.05) is 44.7 Å². The van der Waals surface area contributed by atoms with Gasteiger partial charge in [0.15, 0.2) is 0 Å². The molecule has 2 amide bonds. The maximum absolute atomic E-state index is 13.0. The second-order valence-electron chi connectivity index (χ2n) is 5.12. The molecule has 2 N–H and O–H groups in total. The molecule has 6 nitrogen and oxygen atoms in total. The van der Waals surface area contributed by atoms with Gasteiger partial charge in [-0.3, -0.25) is 14.5 Å². The lowest BCUT2D eigenvalue weighted by Gasteiger charge is -2.26. The van der Waals surface area contributed by atoms with Gasteiger partial charge in [0, 0.05) is 31.9 Å². The van der Waals surface area contributed by atoms with Crippen molar-refractivity contribution in [2.24, 2.45) is 0 Å². The third kappa shape index (κ3) is 4.78. The summed E-state index contributed by atoms with van der Waals surface area (Å²) >= 11 is 0. The summed E-state index contributed by atoms with van der Waals surface area (Å²) in [6, 6.07) is 3.97. The number of amides is 2. The first-order chi connectivity index (χ1) is 10.6. The smallest absolute Gasteiger partial charge is 0.313 e. The van der Waals surface area contributed by atoms with E-state index in [1.54, 1.807) is 6.92 Å². The zero-order valence-corrected chi connectivity index (χ0v) is 12.5. The van der Waals surface area contributed by atoms with Crippen LogP contribution < -0.4 is 10.6 Å². The third-order valence-electron chi connectivity index (χ3n) is 3.46. The second-order valence-corrected chi connectivity index (χ2v) is 5.12. The molecule has 1 saturated heterocycles. The molecule has 0 aliphatic carbocycles. The standard InChI is InChI=1S/C15H20FN3O3/c1-11-10-12(16)2-3-13(11)18-15(21)14(20)17-4-5-19-6-8-22-9-7-19/h2-3,10H,4-9H2,1H3,(H,17,20)(H,18,21). The number of rotatable bonds is 4. The number of carbonyl (C=O) groups is 2. The van der Waals surface area contributed by atoms with E-state index in [2.05, 4.69) is 15.5 Å². The van der Waals surface area contributed by atoms with Crippen LogP contribution in [0, 0.1) is 12.7 Å². The van der Waals surface area contributed by atoms with Gasteiger partial charge < -0.3 is 15.4 Å². The van der Waals surface area contributed by atoms with Crippen LogP contribution >= 0.6 is 0 Å². The molecule has 0 spiro atoms. The maximum Gasteiger partial charge on any atom is 0.313 e. The van der Waals surface area contributed by atoms with Crippen molar-refractivity contribution in [3.05, 3.63) is 29.6 Å². The topological polar surface area (TPSA) is 70.7 Å². The SMILES string of the molecule is Cc1cc(F)ccc1NC(=O)C(=O)NCCN1CCOCC1. The van der Waals surface area contributed by atoms with E-state index in [4.69, 9.17) is 4.74 Å². The van der Waals surface area contributed by atoms with Crippen LogP contribution in [0.4, 0.5) is 10.1 Å². The van der Waals surface area contributed by atoms with E-state index >= 15 is 0 Å². The maximum atomic E-state index is 13.0. The lowest BCUT2D eigenvalue weighted by molar-refractivity contribution is -0.136. The first-order valence-corrected chi connectivity index (χ1v) is 7.21. The molecule has 0 bridgehead atoms. The van der Waals surface area contributed by atoms with Gasteiger partial charge in [0.05, 0.1) is 13.2 Å². The molecule has 0 atom stereocenters. The first kappa shape index (κ1) is 16.4. The summed E-state index contributed by atoms with van der Waals surface area (Å²) in [5, 5.41) is 5.05. The van der Waals surface area contributed by atoms with E-state index in [1.165, 1.54) is 18.2 Å². The average Bonchev–Trinajstić information content (AvgIpc) is 2.51. The minimum absolute atomic E-state index is 0.384. The molecule has 0 saturated carbocycles. The van der Waals surface area contributed by atoms with Gasteiger partial charge in [-0.1, -0.05) is 0 Å². The summed E-state index contributed by atoms with van der Waals surface area (Å²) < 4.78 is 18.2. The van der Waals surface area contributed by atoms with Crippen molar-refractivity contribution in [3.63, 3.8) is 0 Å². The van der Waals surface area contributed by atoms with E-state index in [0.29, 0.717) is 37.6 Å². The number of aryl methyl sites for hydroxylation is 1. The van der Waals surface area contributed by atoms with Crippen molar-refractivity contribution in [1.29, 1.82) is 0 Å². The number of nitrogens with zero attached hydrogens (tertiary/aromatic N) is 1. The van der Waals surface area contributed by atoms with Crippen LogP contribution in [0.25, 0.3) is 0 Å². The number of hydrogen-bond acceptors (Lipinski definition) is 4. The van der Waals surface area contributed by atoms with Gasteiger partial charge in [-0.15, -0.1) is 0 Å². The number of nitrogens with one attached hydrogen (secondary N) is 2. The number of carbonyl (C=O) groups excluding carboxylic acids is 2. The first-order valence-electron chi connectivity index (χ1n) is 7.21. The van der Waals surface area contributed by atoms with Gasteiger partial charge in [0.1, 0.15) is 5.82 Å². The predicted octanol–water partition coefficient (Wildman–Crippen LogP) is 0.521. The Bertz CT molecular complexity index is 545. The Kier molecular flexibility index (Phi) is 5.85. The van der Waals surface area contributed by atoms with Crippen molar-refractivity contribution in [2.45, 2.75) is 6.92 Å². The van der Waals surface area contributed by atoms with Crippen LogP contribution in [0.5, 0.6) is 0 Å². The lowest BCUT2D eigenvalue weighted by Crippen LogP contribution is -2.43. The normalized spacial score (nSPS) is 15.4. The van der Waals surface area contributed by atoms with E-state index in [-0.39, 0.29) is 5.82 Å². The Morgan fingerprint density at radius 2 is 2.00 bits per heavy atom. The lowest BCUT2D eigenvalue weighted by atomic mass is 10.2. The number of halogens is 1. The van der Waals surface area contributed by atoms with Gasteiger partial charge in [-0.2, -0.15) is 0 Å². The van der Waals surface area contributed by atoms with Crippen LogP contribution in [0.3, 0.4) is 0 Å². The number of anilines is 1. The fraction of sp³-hybridized carbons (Fsp3) is 0.467. The summed E-state index contributed by atoms with van der Waals surface area (Å²) in [4.78, 5) is 25.7. The second kappa shape index (κ2) is 7.86. The van der Waals surface area contributed by atoms with E-state index in [0.717, 1.165) is 13.1 Å². The minimum atomic E-state index is -0.753. The highest BCUT2D eigenvalue weighted by Crippen LogP contribution is 2.15. The van der Waals surface area contributed by atoms with Crippen molar-refractivity contribution < 1.29 is 18.7 Å². The molecule has 1 aromatic carbocycles. The third-order valence-corrected chi connectivity index (χ3v) is 3.46. The Hall–Kier alpha value is -1.99.